The molecule has 3 nitrogen and oxygen atoms in total. The van der Waals surface area contributed by atoms with E-state index in [-0.39, 0.29) is 0 Å². The fraction of sp³-hybridized carbons (Fsp3) is 0.471. The molecule has 0 saturated carbocycles. The normalized spacial score (nSPS) is 11.2. The van der Waals surface area contributed by atoms with E-state index in [9.17, 15) is 0 Å². The summed E-state index contributed by atoms with van der Waals surface area (Å²) >= 11 is 0. The zero-order valence-corrected chi connectivity index (χ0v) is 12.8. The van der Waals surface area contributed by atoms with Gasteiger partial charge in [-0.3, -0.25) is 0 Å². The molecule has 1 heterocycles. The van der Waals surface area contributed by atoms with Crippen LogP contribution in [0.3, 0.4) is 0 Å². The van der Waals surface area contributed by atoms with E-state index >= 15 is 0 Å². The highest BCUT2D eigenvalue weighted by Gasteiger charge is 2.00. The predicted molar refractivity (Wildman–Crippen MR) is 83.6 cm³/mol. The smallest absolute Gasteiger partial charge is 0.109 e. The Hall–Kier alpha value is -1.61. The Kier molecular flexibility index (Phi) is 5.36. The zero-order chi connectivity index (χ0) is 14.4. The Balaban J connectivity index is 1.73. The number of imidazole rings is 1. The molecular formula is C17H25N3. The number of nitrogens with zero attached hydrogens (tertiary/aromatic N) is 2. The van der Waals surface area contributed by atoms with Crippen molar-refractivity contribution in [2.75, 3.05) is 6.54 Å². The van der Waals surface area contributed by atoms with Crippen LogP contribution in [-0.4, -0.2) is 16.1 Å². The first-order valence-corrected chi connectivity index (χ1v) is 7.40. The Morgan fingerprint density at radius 2 is 1.85 bits per heavy atom. The van der Waals surface area contributed by atoms with E-state index in [1.54, 1.807) is 0 Å². The van der Waals surface area contributed by atoms with Gasteiger partial charge in [0, 0.05) is 39.0 Å². The van der Waals surface area contributed by atoms with Crippen LogP contribution in [0.15, 0.2) is 36.7 Å². The van der Waals surface area contributed by atoms with Crippen LogP contribution < -0.4 is 5.32 Å². The van der Waals surface area contributed by atoms with Gasteiger partial charge in [0.2, 0.25) is 0 Å². The quantitative estimate of drug-likeness (QED) is 0.785. The number of aromatic nitrogens is 2. The molecule has 0 amide bonds. The molecule has 0 unspecified atom stereocenters. The summed E-state index contributed by atoms with van der Waals surface area (Å²) < 4.78 is 2.07. The lowest BCUT2D eigenvalue weighted by atomic mass is 10.0. The topological polar surface area (TPSA) is 29.9 Å². The summed E-state index contributed by atoms with van der Waals surface area (Å²) in [6.45, 7) is 6.39. The van der Waals surface area contributed by atoms with Crippen molar-refractivity contribution in [2.45, 2.75) is 33.2 Å². The van der Waals surface area contributed by atoms with Gasteiger partial charge in [0.1, 0.15) is 5.82 Å². The van der Waals surface area contributed by atoms with Crippen molar-refractivity contribution in [2.24, 2.45) is 13.0 Å². The molecule has 0 aliphatic rings. The molecule has 1 aromatic heterocycles. The lowest BCUT2D eigenvalue weighted by Crippen LogP contribution is -2.18. The van der Waals surface area contributed by atoms with E-state index in [1.807, 2.05) is 19.4 Å². The molecule has 0 bridgehead atoms. The molecule has 108 valence electrons. The maximum Gasteiger partial charge on any atom is 0.109 e. The molecular weight excluding hydrogens is 246 g/mol. The Labute approximate surface area is 122 Å². The summed E-state index contributed by atoms with van der Waals surface area (Å²) in [6, 6.07) is 8.95. The molecule has 0 aliphatic carbocycles. The average molecular weight is 271 g/mol. The third kappa shape index (κ3) is 4.49. The highest BCUT2D eigenvalue weighted by molar-refractivity contribution is 5.22. The second-order valence-electron chi connectivity index (χ2n) is 5.80. The summed E-state index contributed by atoms with van der Waals surface area (Å²) in [4.78, 5) is 4.32. The average Bonchev–Trinajstić information content (AvgIpc) is 2.82. The minimum atomic E-state index is 0.719. The van der Waals surface area contributed by atoms with Crippen LogP contribution in [0.4, 0.5) is 0 Å². The maximum atomic E-state index is 4.32. The molecule has 20 heavy (non-hydrogen) atoms. The van der Waals surface area contributed by atoms with E-state index in [0.717, 1.165) is 37.7 Å². The van der Waals surface area contributed by atoms with Gasteiger partial charge in [0.05, 0.1) is 0 Å². The summed E-state index contributed by atoms with van der Waals surface area (Å²) in [7, 11) is 2.04. The predicted octanol–water partition coefficient (Wildman–Crippen LogP) is 2.95. The van der Waals surface area contributed by atoms with Crippen LogP contribution in [-0.2, 0) is 26.4 Å². The molecule has 1 N–H and O–H groups in total. The summed E-state index contributed by atoms with van der Waals surface area (Å²) in [6.07, 6.45) is 5.97. The van der Waals surface area contributed by atoms with Crippen molar-refractivity contribution in [3.05, 3.63) is 53.6 Å². The number of rotatable bonds is 7. The second kappa shape index (κ2) is 7.25. The van der Waals surface area contributed by atoms with Gasteiger partial charge in [0.15, 0.2) is 0 Å². The number of hydrogen-bond donors (Lipinski definition) is 1. The van der Waals surface area contributed by atoms with E-state index in [0.29, 0.717) is 0 Å². The number of benzene rings is 1. The first kappa shape index (κ1) is 14.8. The number of aryl methyl sites for hydroxylation is 1. The minimum Gasteiger partial charge on any atom is -0.338 e. The van der Waals surface area contributed by atoms with Gasteiger partial charge in [-0.2, -0.15) is 0 Å². The van der Waals surface area contributed by atoms with Gasteiger partial charge in [-0.25, -0.2) is 4.98 Å². The summed E-state index contributed by atoms with van der Waals surface area (Å²) in [5.41, 5.74) is 2.77. The van der Waals surface area contributed by atoms with Gasteiger partial charge >= 0.3 is 0 Å². The molecule has 0 fully saturated rings. The van der Waals surface area contributed by atoms with Crippen LogP contribution in [0.5, 0.6) is 0 Å². The fourth-order valence-electron chi connectivity index (χ4n) is 2.33. The first-order chi connectivity index (χ1) is 9.65. The molecule has 2 aromatic rings. The maximum absolute atomic E-state index is 4.32. The summed E-state index contributed by atoms with van der Waals surface area (Å²) in [5.74, 6) is 1.85. The Morgan fingerprint density at radius 3 is 2.45 bits per heavy atom. The SMILES string of the molecule is CC(C)Cc1ccc(CNCCc2nccn2C)cc1. The van der Waals surface area contributed by atoms with Crippen LogP contribution in [0, 0.1) is 5.92 Å². The lowest BCUT2D eigenvalue weighted by Gasteiger charge is -2.08. The van der Waals surface area contributed by atoms with Gasteiger partial charge in [-0.15, -0.1) is 0 Å². The zero-order valence-electron chi connectivity index (χ0n) is 12.8. The van der Waals surface area contributed by atoms with Crippen molar-refractivity contribution < 1.29 is 0 Å². The number of hydrogen-bond acceptors (Lipinski definition) is 2. The Morgan fingerprint density at radius 1 is 1.15 bits per heavy atom. The highest BCUT2D eigenvalue weighted by Crippen LogP contribution is 2.09. The van der Waals surface area contributed by atoms with Crippen molar-refractivity contribution in [1.82, 2.24) is 14.9 Å². The fourth-order valence-corrected chi connectivity index (χ4v) is 2.33. The summed E-state index contributed by atoms with van der Waals surface area (Å²) in [5, 5.41) is 3.47. The van der Waals surface area contributed by atoms with Crippen LogP contribution in [0.25, 0.3) is 0 Å². The van der Waals surface area contributed by atoms with Gasteiger partial charge < -0.3 is 9.88 Å². The van der Waals surface area contributed by atoms with Crippen molar-refractivity contribution in [3.63, 3.8) is 0 Å². The molecule has 2 rings (SSSR count). The molecule has 3 heteroatoms. The lowest BCUT2D eigenvalue weighted by molar-refractivity contribution is 0.644. The van der Waals surface area contributed by atoms with E-state index in [2.05, 4.69) is 53.0 Å². The Bertz CT molecular complexity index is 511. The van der Waals surface area contributed by atoms with Crippen LogP contribution in [0.1, 0.15) is 30.8 Å². The van der Waals surface area contributed by atoms with Crippen molar-refractivity contribution in [1.29, 1.82) is 0 Å². The molecule has 0 aliphatic heterocycles. The van der Waals surface area contributed by atoms with Gasteiger partial charge in [-0.1, -0.05) is 38.1 Å². The second-order valence-corrected chi connectivity index (χ2v) is 5.80. The van der Waals surface area contributed by atoms with Crippen LogP contribution >= 0.6 is 0 Å². The standard InChI is InChI=1S/C17H25N3/c1-14(2)12-15-4-6-16(7-5-15)13-18-9-8-17-19-10-11-20(17)3/h4-7,10-11,14,18H,8-9,12-13H2,1-3H3. The molecule has 0 saturated heterocycles. The monoisotopic (exact) mass is 271 g/mol. The van der Waals surface area contributed by atoms with Crippen molar-refractivity contribution >= 4 is 0 Å². The van der Waals surface area contributed by atoms with Crippen LogP contribution in [0.2, 0.25) is 0 Å². The third-order valence-corrected chi connectivity index (χ3v) is 3.44. The van der Waals surface area contributed by atoms with Gasteiger partial charge in [0.25, 0.3) is 0 Å². The largest absolute Gasteiger partial charge is 0.338 e. The van der Waals surface area contributed by atoms with E-state index < -0.39 is 0 Å². The first-order valence-electron chi connectivity index (χ1n) is 7.40. The highest BCUT2D eigenvalue weighted by atomic mass is 15.0. The third-order valence-electron chi connectivity index (χ3n) is 3.44. The van der Waals surface area contributed by atoms with Crippen molar-refractivity contribution in [3.8, 4) is 0 Å². The van der Waals surface area contributed by atoms with Gasteiger partial charge in [-0.05, 0) is 23.5 Å². The molecule has 0 atom stereocenters. The minimum absolute atomic E-state index is 0.719. The molecule has 0 radical (unpaired) electrons. The molecule has 0 spiro atoms. The van der Waals surface area contributed by atoms with E-state index in [1.165, 1.54) is 11.1 Å². The van der Waals surface area contributed by atoms with E-state index in [4.69, 9.17) is 0 Å². The number of nitrogens with one attached hydrogen (secondary N) is 1. The molecule has 1 aromatic carbocycles.